The number of fused-ring (bicyclic) bond motifs is 1. The van der Waals surface area contributed by atoms with Gasteiger partial charge in [0.25, 0.3) is 0 Å². The zero-order valence-corrected chi connectivity index (χ0v) is 16.7. The molecule has 1 aliphatic rings. The van der Waals surface area contributed by atoms with Crippen molar-refractivity contribution in [1.29, 1.82) is 0 Å². The number of nitrogens with one attached hydrogen (secondary N) is 2. The van der Waals surface area contributed by atoms with Gasteiger partial charge in [0, 0.05) is 32.4 Å². The molecule has 0 unspecified atom stereocenters. The average Bonchev–Trinajstić information content (AvgIpc) is 2.95. The summed E-state index contributed by atoms with van der Waals surface area (Å²) in [4.78, 5) is 6.50. The molecule has 0 saturated heterocycles. The van der Waals surface area contributed by atoms with E-state index in [1.54, 1.807) is 14.0 Å². The minimum absolute atomic E-state index is 0. The maximum Gasteiger partial charge on any atom is 0.211 e. The summed E-state index contributed by atoms with van der Waals surface area (Å²) in [5.74, 6) is 0.954. The number of hydrogen-bond donors (Lipinski definition) is 2. The molecule has 0 atom stereocenters. The Morgan fingerprint density at radius 2 is 2.04 bits per heavy atom. The molecule has 1 heterocycles. The fourth-order valence-electron chi connectivity index (χ4n) is 2.47. The number of anilines is 1. The number of sulfonamides is 1. The van der Waals surface area contributed by atoms with Crippen LogP contribution in [0.2, 0.25) is 0 Å². The molecule has 0 saturated carbocycles. The highest BCUT2D eigenvalue weighted by Gasteiger charge is 2.21. The van der Waals surface area contributed by atoms with Crippen LogP contribution in [-0.2, 0) is 16.4 Å². The highest BCUT2D eigenvalue weighted by atomic mass is 127. The van der Waals surface area contributed by atoms with Crippen LogP contribution in [0.5, 0.6) is 0 Å². The van der Waals surface area contributed by atoms with Crippen molar-refractivity contribution >= 4 is 45.6 Å². The first kappa shape index (κ1) is 20.2. The second-order valence-corrected chi connectivity index (χ2v) is 7.25. The zero-order chi connectivity index (χ0) is 16.0. The minimum atomic E-state index is -3.10. The Bertz CT molecular complexity index is 634. The Morgan fingerprint density at radius 1 is 1.30 bits per heavy atom. The summed E-state index contributed by atoms with van der Waals surface area (Å²) >= 11 is 0. The number of halogens is 1. The summed E-state index contributed by atoms with van der Waals surface area (Å²) in [5, 5.41) is 3.30. The van der Waals surface area contributed by atoms with E-state index in [1.165, 1.54) is 11.3 Å². The average molecular weight is 452 g/mol. The molecule has 1 aromatic rings. The van der Waals surface area contributed by atoms with Gasteiger partial charge < -0.3 is 10.2 Å². The third-order valence-electron chi connectivity index (χ3n) is 3.69. The van der Waals surface area contributed by atoms with Crippen LogP contribution in [0.15, 0.2) is 29.3 Å². The van der Waals surface area contributed by atoms with Crippen molar-refractivity contribution in [3.63, 3.8) is 0 Å². The summed E-state index contributed by atoms with van der Waals surface area (Å²) < 4.78 is 25.2. The van der Waals surface area contributed by atoms with E-state index in [0.717, 1.165) is 18.9 Å². The Kier molecular flexibility index (Phi) is 8.27. The Morgan fingerprint density at radius 3 is 2.74 bits per heavy atom. The molecule has 0 fully saturated rings. The van der Waals surface area contributed by atoms with Crippen LogP contribution in [0.1, 0.15) is 18.9 Å². The SMILES string of the molecule is CCS(=O)(=O)NCCCNC(=NC)N1CCc2ccccc21.I. The molecule has 23 heavy (non-hydrogen) atoms. The molecule has 6 nitrogen and oxygen atoms in total. The van der Waals surface area contributed by atoms with Gasteiger partial charge >= 0.3 is 0 Å². The van der Waals surface area contributed by atoms with Crippen LogP contribution in [-0.4, -0.2) is 46.8 Å². The van der Waals surface area contributed by atoms with Gasteiger partial charge in [0.15, 0.2) is 5.96 Å². The Balaban J connectivity index is 0.00000264. The summed E-state index contributed by atoms with van der Waals surface area (Å²) in [6.07, 6.45) is 1.74. The molecule has 130 valence electrons. The molecule has 0 spiro atoms. The molecule has 0 radical (unpaired) electrons. The van der Waals surface area contributed by atoms with E-state index in [1.807, 2.05) is 6.07 Å². The van der Waals surface area contributed by atoms with Crippen molar-refractivity contribution in [2.75, 3.05) is 37.3 Å². The molecule has 1 aromatic carbocycles. The third kappa shape index (κ3) is 5.61. The highest BCUT2D eigenvalue weighted by Crippen LogP contribution is 2.27. The predicted octanol–water partition coefficient (Wildman–Crippen LogP) is 1.57. The van der Waals surface area contributed by atoms with Crippen LogP contribution in [0.3, 0.4) is 0 Å². The molecular formula is C15H25IN4O2S. The molecule has 2 N–H and O–H groups in total. The largest absolute Gasteiger partial charge is 0.356 e. The summed E-state index contributed by atoms with van der Waals surface area (Å²) in [6.45, 7) is 3.67. The maximum atomic E-state index is 11.3. The minimum Gasteiger partial charge on any atom is -0.356 e. The lowest BCUT2D eigenvalue weighted by molar-refractivity contribution is 0.579. The quantitative estimate of drug-likeness (QED) is 0.298. The van der Waals surface area contributed by atoms with Crippen molar-refractivity contribution in [3.8, 4) is 0 Å². The molecule has 1 aliphatic heterocycles. The normalized spacial score (nSPS) is 14.3. The lowest BCUT2D eigenvalue weighted by Crippen LogP contribution is -2.41. The van der Waals surface area contributed by atoms with E-state index in [2.05, 4.69) is 38.1 Å². The van der Waals surface area contributed by atoms with E-state index in [0.29, 0.717) is 19.5 Å². The van der Waals surface area contributed by atoms with Crippen molar-refractivity contribution in [2.24, 2.45) is 4.99 Å². The molecule has 0 aromatic heterocycles. The van der Waals surface area contributed by atoms with Crippen LogP contribution >= 0.6 is 24.0 Å². The van der Waals surface area contributed by atoms with E-state index in [-0.39, 0.29) is 29.7 Å². The zero-order valence-electron chi connectivity index (χ0n) is 13.6. The first-order valence-corrected chi connectivity index (χ1v) is 9.26. The Labute approximate surface area is 155 Å². The molecule has 2 rings (SSSR count). The number of hydrogen-bond acceptors (Lipinski definition) is 3. The number of benzene rings is 1. The Hall–Kier alpha value is -0.870. The van der Waals surface area contributed by atoms with Crippen molar-refractivity contribution < 1.29 is 8.42 Å². The number of para-hydroxylation sites is 1. The second kappa shape index (κ2) is 9.43. The standard InChI is InChI=1S/C15H24N4O2S.HI/c1-3-22(20,21)18-11-6-10-17-15(16-2)19-12-9-13-7-4-5-8-14(13)19;/h4-5,7-8,18H,3,6,9-12H2,1-2H3,(H,16,17);1H. The van der Waals surface area contributed by atoms with Crippen molar-refractivity contribution in [2.45, 2.75) is 19.8 Å². The van der Waals surface area contributed by atoms with Gasteiger partial charge in [-0.15, -0.1) is 24.0 Å². The number of aliphatic imine (C=N–C) groups is 1. The van der Waals surface area contributed by atoms with Gasteiger partial charge in [-0.3, -0.25) is 4.99 Å². The first-order valence-electron chi connectivity index (χ1n) is 7.61. The van der Waals surface area contributed by atoms with E-state index in [9.17, 15) is 8.42 Å². The van der Waals surface area contributed by atoms with E-state index < -0.39 is 10.0 Å². The van der Waals surface area contributed by atoms with Gasteiger partial charge in [-0.1, -0.05) is 18.2 Å². The topological polar surface area (TPSA) is 73.8 Å². The van der Waals surface area contributed by atoms with Crippen molar-refractivity contribution in [3.05, 3.63) is 29.8 Å². The van der Waals surface area contributed by atoms with Gasteiger partial charge in [0.1, 0.15) is 0 Å². The van der Waals surface area contributed by atoms with Gasteiger partial charge in [0.05, 0.1) is 5.75 Å². The predicted molar refractivity (Wildman–Crippen MR) is 106 cm³/mol. The first-order chi connectivity index (χ1) is 10.6. The number of rotatable bonds is 6. The second-order valence-electron chi connectivity index (χ2n) is 5.16. The van der Waals surface area contributed by atoms with Crippen LogP contribution < -0.4 is 14.9 Å². The lowest BCUT2D eigenvalue weighted by Gasteiger charge is -2.22. The highest BCUT2D eigenvalue weighted by molar-refractivity contribution is 14.0. The molecule has 8 heteroatoms. The van der Waals surface area contributed by atoms with Crippen molar-refractivity contribution in [1.82, 2.24) is 10.0 Å². The maximum absolute atomic E-state index is 11.3. The summed E-state index contributed by atoms with van der Waals surface area (Å²) in [6, 6.07) is 8.33. The monoisotopic (exact) mass is 452 g/mol. The fraction of sp³-hybridized carbons (Fsp3) is 0.533. The fourth-order valence-corrected chi connectivity index (χ4v) is 3.13. The van der Waals surface area contributed by atoms with E-state index in [4.69, 9.17) is 0 Å². The molecule has 0 amide bonds. The van der Waals surface area contributed by atoms with Crippen LogP contribution in [0.4, 0.5) is 5.69 Å². The van der Waals surface area contributed by atoms with Gasteiger partial charge in [-0.2, -0.15) is 0 Å². The molecule has 0 aliphatic carbocycles. The molecular weight excluding hydrogens is 427 g/mol. The van der Waals surface area contributed by atoms with Crippen LogP contribution in [0.25, 0.3) is 0 Å². The smallest absolute Gasteiger partial charge is 0.211 e. The number of nitrogens with zero attached hydrogens (tertiary/aromatic N) is 2. The van der Waals surface area contributed by atoms with Gasteiger partial charge in [-0.05, 0) is 31.4 Å². The number of guanidine groups is 1. The van der Waals surface area contributed by atoms with Crippen LogP contribution in [0, 0.1) is 0 Å². The third-order valence-corrected chi connectivity index (χ3v) is 5.10. The summed E-state index contributed by atoms with van der Waals surface area (Å²) in [7, 11) is -1.33. The van der Waals surface area contributed by atoms with Gasteiger partial charge in [-0.25, -0.2) is 13.1 Å². The summed E-state index contributed by atoms with van der Waals surface area (Å²) in [5.41, 5.74) is 2.53. The van der Waals surface area contributed by atoms with E-state index >= 15 is 0 Å². The van der Waals surface area contributed by atoms with Gasteiger partial charge in [0.2, 0.25) is 10.0 Å². The molecule has 0 bridgehead atoms. The lowest BCUT2D eigenvalue weighted by atomic mass is 10.2.